The number of alkyl halides is 7. The molecule has 0 unspecified atom stereocenters. The van der Waals surface area contributed by atoms with E-state index in [1.165, 1.54) is 30.0 Å². The summed E-state index contributed by atoms with van der Waals surface area (Å²) in [7, 11) is 0. The Labute approximate surface area is 212 Å². The third-order valence-electron chi connectivity index (χ3n) is 5.08. The third-order valence-corrected chi connectivity index (χ3v) is 6.33. The maximum atomic E-state index is 14.4. The average Bonchev–Trinajstić information content (AvgIpc) is 2.72. The van der Waals surface area contributed by atoms with Gasteiger partial charge in [0, 0.05) is 27.6 Å². The lowest BCUT2D eigenvalue weighted by atomic mass is 9.92. The SMILES string of the molecule is CSCC(C)(C)NC(=O)c1cc(Cl)ccc1C(=O)Nc1ccc(C(F)(C(F)(F)F)C(F)(F)F)cc1C. The first-order chi connectivity index (χ1) is 16.3. The molecule has 0 heterocycles. The Balaban J connectivity index is 2.41. The highest BCUT2D eigenvalue weighted by molar-refractivity contribution is 7.98. The minimum absolute atomic E-state index is 0.0969. The van der Waals surface area contributed by atoms with Gasteiger partial charge in [0.1, 0.15) is 0 Å². The Morgan fingerprint density at radius 3 is 1.97 bits per heavy atom. The Bertz CT molecular complexity index is 1140. The normalized spacial score (nSPS) is 12.9. The Morgan fingerprint density at radius 1 is 0.889 bits per heavy atom. The molecule has 0 aromatic heterocycles. The van der Waals surface area contributed by atoms with Crippen molar-refractivity contribution in [1.82, 2.24) is 5.32 Å². The highest BCUT2D eigenvalue weighted by Gasteiger charge is 2.73. The highest BCUT2D eigenvalue weighted by atomic mass is 35.5. The second-order valence-corrected chi connectivity index (χ2v) is 9.90. The van der Waals surface area contributed by atoms with E-state index >= 15 is 0 Å². The molecule has 0 bridgehead atoms. The number of aryl methyl sites for hydroxylation is 1. The monoisotopic (exact) mass is 558 g/mol. The number of halogens is 8. The van der Waals surface area contributed by atoms with Gasteiger partial charge in [0.05, 0.1) is 11.1 Å². The van der Waals surface area contributed by atoms with Gasteiger partial charge >= 0.3 is 18.0 Å². The van der Waals surface area contributed by atoms with E-state index in [1.54, 1.807) is 13.8 Å². The van der Waals surface area contributed by atoms with Crippen molar-refractivity contribution in [2.24, 2.45) is 0 Å². The second kappa shape index (κ2) is 10.5. The molecule has 0 saturated heterocycles. The first kappa shape index (κ1) is 29.8. The van der Waals surface area contributed by atoms with Crippen molar-refractivity contribution in [1.29, 1.82) is 0 Å². The molecular weight excluding hydrogens is 537 g/mol. The lowest BCUT2D eigenvalue weighted by Gasteiger charge is -2.30. The van der Waals surface area contributed by atoms with E-state index in [0.29, 0.717) is 17.9 Å². The van der Waals surface area contributed by atoms with Gasteiger partial charge in [-0.1, -0.05) is 23.7 Å². The molecule has 2 amide bonds. The van der Waals surface area contributed by atoms with Crippen LogP contribution in [0, 0.1) is 6.92 Å². The van der Waals surface area contributed by atoms with Gasteiger partial charge in [-0.3, -0.25) is 9.59 Å². The zero-order valence-corrected chi connectivity index (χ0v) is 21.0. The van der Waals surface area contributed by atoms with Gasteiger partial charge in [-0.2, -0.15) is 38.1 Å². The summed E-state index contributed by atoms with van der Waals surface area (Å²) < 4.78 is 92.7. The molecule has 198 valence electrons. The van der Waals surface area contributed by atoms with Crippen molar-refractivity contribution in [3.05, 3.63) is 63.7 Å². The number of hydrogen-bond acceptors (Lipinski definition) is 3. The van der Waals surface area contributed by atoms with E-state index in [0.717, 1.165) is 13.0 Å². The van der Waals surface area contributed by atoms with Crippen LogP contribution in [0.1, 0.15) is 45.7 Å². The van der Waals surface area contributed by atoms with E-state index in [1.807, 2.05) is 6.26 Å². The molecule has 0 aliphatic carbocycles. The van der Waals surface area contributed by atoms with Crippen LogP contribution in [0.4, 0.5) is 36.4 Å². The summed E-state index contributed by atoms with van der Waals surface area (Å²) in [5.74, 6) is -0.946. The molecule has 2 N–H and O–H groups in total. The zero-order chi connectivity index (χ0) is 27.7. The zero-order valence-electron chi connectivity index (χ0n) is 19.4. The summed E-state index contributed by atoms with van der Waals surface area (Å²) in [6.07, 6.45) is -10.7. The van der Waals surface area contributed by atoms with E-state index in [4.69, 9.17) is 11.6 Å². The summed E-state index contributed by atoms with van der Waals surface area (Å²) in [4.78, 5) is 25.8. The number of nitrogens with one attached hydrogen (secondary N) is 2. The molecule has 2 aromatic carbocycles. The van der Waals surface area contributed by atoms with Crippen molar-refractivity contribution in [3.8, 4) is 0 Å². The minimum Gasteiger partial charge on any atom is -0.346 e. The predicted molar refractivity (Wildman–Crippen MR) is 125 cm³/mol. The molecule has 13 heteroatoms. The standard InChI is InChI=1S/C23H22ClF7N2O2S/c1-12-9-13(21(25,22(26,27)28)23(29,30)31)5-8-17(12)32-18(34)15-7-6-14(24)10-16(15)19(35)33-20(2,3)11-36-4/h5-10H,11H2,1-4H3,(H,32,34)(H,33,35). The van der Waals surface area contributed by atoms with Crippen LogP contribution in [0.2, 0.25) is 5.02 Å². The molecule has 36 heavy (non-hydrogen) atoms. The van der Waals surface area contributed by atoms with Crippen LogP contribution in [0.15, 0.2) is 36.4 Å². The smallest absolute Gasteiger partial charge is 0.346 e. The van der Waals surface area contributed by atoms with Crippen LogP contribution in [-0.2, 0) is 5.67 Å². The molecular formula is C23H22ClF7N2O2S. The van der Waals surface area contributed by atoms with Gasteiger partial charge < -0.3 is 10.6 Å². The van der Waals surface area contributed by atoms with Crippen molar-refractivity contribution < 1.29 is 40.3 Å². The van der Waals surface area contributed by atoms with Crippen LogP contribution in [-0.4, -0.2) is 41.7 Å². The van der Waals surface area contributed by atoms with E-state index in [9.17, 15) is 40.3 Å². The van der Waals surface area contributed by atoms with Gasteiger partial charge in [0.2, 0.25) is 0 Å². The second-order valence-electron chi connectivity index (χ2n) is 8.60. The molecule has 2 aromatic rings. The van der Waals surface area contributed by atoms with Crippen LogP contribution in [0.25, 0.3) is 0 Å². The van der Waals surface area contributed by atoms with Gasteiger partial charge in [0.25, 0.3) is 11.8 Å². The average molecular weight is 559 g/mol. The molecule has 0 saturated carbocycles. The summed E-state index contributed by atoms with van der Waals surface area (Å²) in [6.45, 7) is 4.64. The van der Waals surface area contributed by atoms with Crippen molar-refractivity contribution in [3.63, 3.8) is 0 Å². The topological polar surface area (TPSA) is 58.2 Å². The van der Waals surface area contributed by atoms with Gasteiger partial charge in [0.15, 0.2) is 0 Å². The van der Waals surface area contributed by atoms with E-state index < -0.39 is 40.9 Å². The Morgan fingerprint density at radius 2 is 1.47 bits per heavy atom. The number of carbonyl (C=O) groups excluding carboxylic acids is 2. The summed E-state index contributed by atoms with van der Waals surface area (Å²) in [5.41, 5.74) is -8.61. The molecule has 0 radical (unpaired) electrons. The van der Waals surface area contributed by atoms with Gasteiger partial charge in [-0.15, -0.1) is 0 Å². The number of anilines is 1. The quantitative estimate of drug-likeness (QED) is 0.358. The largest absolute Gasteiger partial charge is 0.435 e. The van der Waals surface area contributed by atoms with Gasteiger partial charge in [-0.25, -0.2) is 4.39 Å². The summed E-state index contributed by atoms with van der Waals surface area (Å²) in [5, 5.41) is 5.26. The van der Waals surface area contributed by atoms with Crippen LogP contribution in [0.5, 0.6) is 0 Å². The molecule has 0 aliphatic rings. The number of hydrogen-bond donors (Lipinski definition) is 2. The Kier molecular flexibility index (Phi) is 8.67. The van der Waals surface area contributed by atoms with Crippen LogP contribution in [0.3, 0.4) is 0 Å². The summed E-state index contributed by atoms with van der Waals surface area (Å²) >= 11 is 7.46. The molecule has 2 rings (SSSR count). The maximum Gasteiger partial charge on any atom is 0.435 e. The summed E-state index contributed by atoms with van der Waals surface area (Å²) in [6, 6.07) is 5.21. The van der Waals surface area contributed by atoms with E-state index in [2.05, 4.69) is 10.6 Å². The number of rotatable bonds is 7. The van der Waals surface area contributed by atoms with Crippen molar-refractivity contribution in [2.75, 3.05) is 17.3 Å². The van der Waals surface area contributed by atoms with Crippen molar-refractivity contribution >= 4 is 40.9 Å². The van der Waals surface area contributed by atoms with Gasteiger partial charge in [-0.05, 0) is 56.9 Å². The number of carbonyl (C=O) groups is 2. The fraction of sp³-hybridized carbons (Fsp3) is 0.391. The predicted octanol–water partition coefficient (Wildman–Crippen LogP) is 7.06. The lowest BCUT2D eigenvalue weighted by Crippen LogP contribution is -2.50. The van der Waals surface area contributed by atoms with Crippen LogP contribution < -0.4 is 10.6 Å². The molecule has 0 atom stereocenters. The van der Waals surface area contributed by atoms with Crippen molar-refractivity contribution in [2.45, 2.75) is 44.3 Å². The Hall–Kier alpha value is -2.47. The molecule has 4 nitrogen and oxygen atoms in total. The number of thioether (sulfide) groups is 1. The highest BCUT2D eigenvalue weighted by Crippen LogP contribution is 2.53. The molecule has 0 aliphatic heterocycles. The van der Waals surface area contributed by atoms with Crippen LogP contribution >= 0.6 is 23.4 Å². The third kappa shape index (κ3) is 6.26. The lowest BCUT2D eigenvalue weighted by molar-refractivity contribution is -0.348. The minimum atomic E-state index is -6.27. The number of benzene rings is 2. The first-order valence-electron chi connectivity index (χ1n) is 10.2. The fourth-order valence-electron chi connectivity index (χ4n) is 3.37. The molecule has 0 fully saturated rings. The fourth-order valence-corrected chi connectivity index (χ4v) is 4.34. The number of amides is 2. The molecule has 0 spiro atoms. The van der Waals surface area contributed by atoms with E-state index in [-0.39, 0.29) is 27.4 Å². The maximum absolute atomic E-state index is 14.4. The first-order valence-corrected chi connectivity index (χ1v) is 12.0.